The van der Waals surface area contributed by atoms with Gasteiger partial charge in [0.05, 0.1) is 7.11 Å². The highest BCUT2D eigenvalue weighted by Crippen LogP contribution is 2.17. The van der Waals surface area contributed by atoms with Crippen molar-refractivity contribution < 1.29 is 9.53 Å². The highest BCUT2D eigenvalue weighted by Gasteiger charge is 2.03. The number of ether oxygens (including phenoxy) is 1. The molecule has 0 saturated heterocycles. The van der Waals surface area contributed by atoms with Crippen molar-refractivity contribution in [2.24, 2.45) is 0 Å². The van der Waals surface area contributed by atoms with Crippen LogP contribution in [0, 0.1) is 0 Å². The van der Waals surface area contributed by atoms with Crippen LogP contribution in [0.3, 0.4) is 0 Å². The molecule has 0 heterocycles. The Labute approximate surface area is 154 Å². The van der Waals surface area contributed by atoms with E-state index in [9.17, 15) is 4.79 Å². The molecule has 25 heavy (non-hydrogen) atoms. The monoisotopic (exact) mass is 360 g/mol. The summed E-state index contributed by atoms with van der Waals surface area (Å²) in [7, 11) is 1.68. The summed E-state index contributed by atoms with van der Waals surface area (Å²) in [6.45, 7) is 2.11. The van der Waals surface area contributed by atoms with Crippen LogP contribution in [-0.4, -0.2) is 32.7 Å². The first-order valence-corrected chi connectivity index (χ1v) is 8.90. The third-order valence-corrected chi connectivity index (χ3v) is 4.15. The number of nitrogens with one attached hydrogen (secondary N) is 2. The van der Waals surface area contributed by atoms with Crippen molar-refractivity contribution in [1.82, 2.24) is 10.6 Å². The van der Waals surface area contributed by atoms with Crippen LogP contribution >= 0.6 is 11.6 Å². The lowest BCUT2D eigenvalue weighted by atomic mass is 10.1. The lowest BCUT2D eigenvalue weighted by molar-refractivity contribution is -0.120. The SMILES string of the molecule is COc1ccccc1CCNCCC(=O)NCCc1cccc(Cl)c1. The maximum Gasteiger partial charge on any atom is 0.221 e. The zero-order chi connectivity index (χ0) is 17.9. The number of amides is 1. The van der Waals surface area contributed by atoms with Crippen LogP contribution in [0.15, 0.2) is 48.5 Å². The number of carbonyl (C=O) groups excluding carboxylic acids is 1. The van der Waals surface area contributed by atoms with Gasteiger partial charge >= 0.3 is 0 Å². The molecule has 0 aliphatic rings. The third kappa shape index (κ3) is 7.16. The molecule has 0 bridgehead atoms. The summed E-state index contributed by atoms with van der Waals surface area (Å²) in [6.07, 6.45) is 2.13. The van der Waals surface area contributed by atoms with Gasteiger partial charge in [-0.3, -0.25) is 4.79 Å². The molecule has 0 unspecified atom stereocenters. The van der Waals surface area contributed by atoms with Gasteiger partial charge in [-0.15, -0.1) is 0 Å². The summed E-state index contributed by atoms with van der Waals surface area (Å²) in [6, 6.07) is 15.7. The maximum atomic E-state index is 11.8. The second-order valence-electron chi connectivity index (χ2n) is 5.79. The summed E-state index contributed by atoms with van der Waals surface area (Å²) < 4.78 is 5.33. The van der Waals surface area contributed by atoms with E-state index in [0.717, 1.165) is 35.7 Å². The molecule has 2 aromatic rings. The Morgan fingerprint density at radius 1 is 1.04 bits per heavy atom. The Bertz CT molecular complexity index is 676. The van der Waals surface area contributed by atoms with E-state index >= 15 is 0 Å². The number of hydrogen-bond acceptors (Lipinski definition) is 3. The molecular weight excluding hydrogens is 336 g/mol. The fourth-order valence-corrected chi connectivity index (χ4v) is 2.80. The number of halogens is 1. The molecule has 0 aliphatic heterocycles. The van der Waals surface area contributed by atoms with E-state index in [2.05, 4.69) is 16.7 Å². The first-order valence-electron chi connectivity index (χ1n) is 8.53. The van der Waals surface area contributed by atoms with Crippen LogP contribution in [0.2, 0.25) is 5.02 Å². The normalized spacial score (nSPS) is 10.5. The molecule has 0 atom stereocenters. The van der Waals surface area contributed by atoms with E-state index in [0.29, 0.717) is 19.5 Å². The van der Waals surface area contributed by atoms with Gasteiger partial charge < -0.3 is 15.4 Å². The molecule has 0 aromatic heterocycles. The quantitative estimate of drug-likeness (QED) is 0.639. The predicted molar refractivity (Wildman–Crippen MR) is 102 cm³/mol. The van der Waals surface area contributed by atoms with Crippen LogP contribution in [0.4, 0.5) is 0 Å². The molecular formula is C20H25ClN2O2. The maximum absolute atomic E-state index is 11.8. The van der Waals surface area contributed by atoms with Crippen LogP contribution in [-0.2, 0) is 17.6 Å². The first kappa shape index (κ1) is 19.3. The minimum atomic E-state index is 0.0619. The Hall–Kier alpha value is -2.04. The van der Waals surface area contributed by atoms with Gasteiger partial charge in [-0.1, -0.05) is 41.9 Å². The molecule has 134 valence electrons. The molecule has 2 aromatic carbocycles. The summed E-state index contributed by atoms with van der Waals surface area (Å²) in [5, 5.41) is 6.96. The van der Waals surface area contributed by atoms with Crippen molar-refractivity contribution in [2.75, 3.05) is 26.7 Å². The van der Waals surface area contributed by atoms with Crippen LogP contribution < -0.4 is 15.4 Å². The first-order chi connectivity index (χ1) is 12.2. The summed E-state index contributed by atoms with van der Waals surface area (Å²) in [5.74, 6) is 0.967. The van der Waals surface area contributed by atoms with Gasteiger partial charge in [0, 0.05) is 24.5 Å². The molecule has 5 heteroatoms. The molecule has 2 rings (SSSR count). The molecule has 1 amide bonds. The topological polar surface area (TPSA) is 50.4 Å². The largest absolute Gasteiger partial charge is 0.496 e. The zero-order valence-corrected chi connectivity index (χ0v) is 15.3. The van der Waals surface area contributed by atoms with Crippen molar-refractivity contribution in [3.05, 3.63) is 64.7 Å². The Morgan fingerprint density at radius 2 is 1.88 bits per heavy atom. The second-order valence-corrected chi connectivity index (χ2v) is 6.23. The molecule has 4 nitrogen and oxygen atoms in total. The standard InChI is InChI=1S/C20H25ClN2O2/c1-25-19-8-3-2-6-17(19)10-12-22-13-11-20(24)23-14-9-16-5-4-7-18(21)15-16/h2-8,15,22H,9-14H2,1H3,(H,23,24). The Balaban J connectivity index is 1.56. The molecule has 0 saturated carbocycles. The van der Waals surface area contributed by atoms with Gasteiger partial charge in [-0.25, -0.2) is 0 Å². The van der Waals surface area contributed by atoms with Gasteiger partial charge in [0.2, 0.25) is 5.91 Å². The number of hydrogen-bond donors (Lipinski definition) is 2. The number of methoxy groups -OCH3 is 1. The molecule has 0 radical (unpaired) electrons. The van der Waals surface area contributed by atoms with E-state index in [4.69, 9.17) is 16.3 Å². The number of carbonyl (C=O) groups is 1. The fourth-order valence-electron chi connectivity index (χ4n) is 2.59. The van der Waals surface area contributed by atoms with Crippen LogP contribution in [0.25, 0.3) is 0 Å². The van der Waals surface area contributed by atoms with Gasteiger partial charge in [0.1, 0.15) is 5.75 Å². The minimum Gasteiger partial charge on any atom is -0.496 e. The van der Waals surface area contributed by atoms with Gasteiger partial charge in [0.25, 0.3) is 0 Å². The number of para-hydroxylation sites is 1. The van der Waals surface area contributed by atoms with Crippen molar-refractivity contribution in [3.63, 3.8) is 0 Å². The molecule has 0 spiro atoms. The van der Waals surface area contributed by atoms with Crippen molar-refractivity contribution in [3.8, 4) is 5.75 Å². The average molecular weight is 361 g/mol. The summed E-state index contributed by atoms with van der Waals surface area (Å²) in [4.78, 5) is 11.8. The molecule has 0 aliphatic carbocycles. The van der Waals surface area contributed by atoms with E-state index in [1.807, 2.05) is 42.5 Å². The lowest BCUT2D eigenvalue weighted by Gasteiger charge is -2.09. The number of benzene rings is 2. The predicted octanol–water partition coefficient (Wildman–Crippen LogP) is 3.23. The average Bonchev–Trinajstić information content (AvgIpc) is 2.62. The van der Waals surface area contributed by atoms with Gasteiger partial charge in [0.15, 0.2) is 0 Å². The van der Waals surface area contributed by atoms with Crippen LogP contribution in [0.5, 0.6) is 5.75 Å². The third-order valence-electron chi connectivity index (χ3n) is 3.92. The number of rotatable bonds is 10. The van der Waals surface area contributed by atoms with E-state index in [1.165, 1.54) is 5.56 Å². The van der Waals surface area contributed by atoms with Crippen LogP contribution in [0.1, 0.15) is 17.5 Å². The molecule has 2 N–H and O–H groups in total. The molecule has 0 fully saturated rings. The Kier molecular flexibility index (Phi) is 8.29. The fraction of sp³-hybridized carbons (Fsp3) is 0.350. The zero-order valence-electron chi connectivity index (χ0n) is 14.6. The van der Waals surface area contributed by atoms with Gasteiger partial charge in [-0.05, 0) is 48.7 Å². The second kappa shape index (κ2) is 10.7. The smallest absolute Gasteiger partial charge is 0.221 e. The van der Waals surface area contributed by atoms with Crippen molar-refractivity contribution >= 4 is 17.5 Å². The highest BCUT2D eigenvalue weighted by atomic mass is 35.5. The highest BCUT2D eigenvalue weighted by molar-refractivity contribution is 6.30. The summed E-state index contributed by atoms with van der Waals surface area (Å²) >= 11 is 5.94. The Morgan fingerprint density at radius 3 is 2.68 bits per heavy atom. The lowest BCUT2D eigenvalue weighted by Crippen LogP contribution is -2.29. The van der Waals surface area contributed by atoms with Crippen molar-refractivity contribution in [2.45, 2.75) is 19.3 Å². The van der Waals surface area contributed by atoms with E-state index < -0.39 is 0 Å². The van der Waals surface area contributed by atoms with Crippen molar-refractivity contribution in [1.29, 1.82) is 0 Å². The van der Waals surface area contributed by atoms with Gasteiger partial charge in [-0.2, -0.15) is 0 Å². The van der Waals surface area contributed by atoms with E-state index in [1.54, 1.807) is 7.11 Å². The summed E-state index contributed by atoms with van der Waals surface area (Å²) in [5.41, 5.74) is 2.30. The minimum absolute atomic E-state index is 0.0619. The van der Waals surface area contributed by atoms with E-state index in [-0.39, 0.29) is 5.91 Å².